The van der Waals surface area contributed by atoms with Crippen molar-refractivity contribution in [1.29, 1.82) is 0 Å². The lowest BCUT2D eigenvalue weighted by atomic mass is 10.2. The monoisotopic (exact) mass is 511 g/mol. The first-order valence-electron chi connectivity index (χ1n) is 12.3. The number of aryl methyl sites for hydroxylation is 1. The predicted molar refractivity (Wildman–Crippen MR) is 147 cm³/mol. The predicted octanol–water partition coefficient (Wildman–Crippen LogP) is 4.62. The summed E-state index contributed by atoms with van der Waals surface area (Å²) in [5.41, 5.74) is 4.34. The van der Waals surface area contributed by atoms with Gasteiger partial charge in [0.15, 0.2) is 0 Å². The van der Waals surface area contributed by atoms with Crippen LogP contribution in [-0.4, -0.2) is 50.9 Å². The molecule has 0 bridgehead atoms. The van der Waals surface area contributed by atoms with Crippen LogP contribution in [0.25, 0.3) is 16.7 Å². The lowest BCUT2D eigenvalue weighted by molar-refractivity contribution is 0.0737. The number of halogens is 1. The third-order valence-electron chi connectivity index (χ3n) is 7.05. The Kier molecular flexibility index (Phi) is 5.93. The average Bonchev–Trinajstić information content (AvgIpc) is 3.28. The molecule has 6 rings (SSSR count). The van der Waals surface area contributed by atoms with E-state index in [1.807, 2.05) is 83.1 Å². The fraction of sp³-hybridized carbons (Fsp3) is 0.207. The van der Waals surface area contributed by atoms with Crippen molar-refractivity contribution in [3.8, 4) is 0 Å². The largest absolute Gasteiger partial charge is 0.367 e. The van der Waals surface area contributed by atoms with Gasteiger partial charge >= 0.3 is 0 Å². The number of hydrogen-bond donors (Lipinski definition) is 0. The number of pyridine rings is 1. The van der Waals surface area contributed by atoms with Crippen LogP contribution in [0.4, 0.5) is 5.69 Å². The molecule has 2 aromatic carbocycles. The number of para-hydroxylation sites is 1. The zero-order chi connectivity index (χ0) is 25.5. The van der Waals surface area contributed by atoms with Crippen molar-refractivity contribution < 1.29 is 4.79 Å². The fourth-order valence-corrected chi connectivity index (χ4v) is 5.34. The van der Waals surface area contributed by atoms with Gasteiger partial charge in [-0.3, -0.25) is 14.0 Å². The molecule has 1 amide bonds. The van der Waals surface area contributed by atoms with E-state index >= 15 is 0 Å². The molecular weight excluding hydrogens is 486 g/mol. The zero-order valence-electron chi connectivity index (χ0n) is 20.5. The molecule has 1 saturated heterocycles. The molecule has 4 heterocycles. The molecule has 8 heteroatoms. The van der Waals surface area contributed by atoms with Crippen molar-refractivity contribution in [2.24, 2.45) is 0 Å². The van der Waals surface area contributed by atoms with Gasteiger partial charge in [-0.25, -0.2) is 4.98 Å². The Bertz CT molecular complexity index is 1680. The number of rotatable bonds is 4. The highest BCUT2D eigenvalue weighted by molar-refractivity contribution is 6.33. The van der Waals surface area contributed by atoms with Gasteiger partial charge < -0.3 is 14.4 Å². The third kappa shape index (κ3) is 4.15. The fourth-order valence-electron chi connectivity index (χ4n) is 5.09. The first-order chi connectivity index (χ1) is 18.0. The van der Waals surface area contributed by atoms with E-state index in [0.29, 0.717) is 60.1 Å². The molecule has 0 unspecified atom stereocenters. The van der Waals surface area contributed by atoms with E-state index in [0.717, 1.165) is 16.8 Å². The van der Waals surface area contributed by atoms with Crippen LogP contribution in [0.1, 0.15) is 21.6 Å². The van der Waals surface area contributed by atoms with Gasteiger partial charge in [-0.05, 0) is 42.3 Å². The quantitative estimate of drug-likeness (QED) is 0.353. The third-order valence-corrected chi connectivity index (χ3v) is 7.37. The number of aromatic nitrogens is 3. The van der Waals surface area contributed by atoms with E-state index in [2.05, 4.69) is 4.90 Å². The van der Waals surface area contributed by atoms with E-state index in [4.69, 9.17) is 16.6 Å². The second-order valence-corrected chi connectivity index (χ2v) is 9.78. The second kappa shape index (κ2) is 9.41. The van der Waals surface area contributed by atoms with Crippen LogP contribution in [0.5, 0.6) is 0 Å². The molecule has 0 radical (unpaired) electrons. The normalized spacial score (nSPS) is 14.0. The molecule has 5 aromatic rings. The smallest absolute Gasteiger partial charge is 0.270 e. The van der Waals surface area contributed by atoms with Gasteiger partial charge in [0.1, 0.15) is 17.0 Å². The minimum absolute atomic E-state index is 0.0992. The number of amides is 1. The number of hydrogen-bond acceptors (Lipinski definition) is 4. The summed E-state index contributed by atoms with van der Waals surface area (Å²) in [7, 11) is 0. The minimum Gasteiger partial charge on any atom is -0.367 e. The molecule has 0 N–H and O–H groups in total. The highest BCUT2D eigenvalue weighted by Crippen LogP contribution is 2.27. The summed E-state index contributed by atoms with van der Waals surface area (Å²) in [5, 5.41) is 1.15. The van der Waals surface area contributed by atoms with E-state index in [-0.39, 0.29) is 11.5 Å². The van der Waals surface area contributed by atoms with Gasteiger partial charge in [-0.2, -0.15) is 0 Å². The van der Waals surface area contributed by atoms with Crippen LogP contribution in [-0.2, 0) is 6.54 Å². The first-order valence-corrected chi connectivity index (χ1v) is 12.7. The van der Waals surface area contributed by atoms with Crippen molar-refractivity contribution in [1.82, 2.24) is 18.9 Å². The maximum absolute atomic E-state index is 13.9. The second-order valence-electron chi connectivity index (χ2n) is 9.37. The topological polar surface area (TPSA) is 62.9 Å². The number of fused-ring (bicyclic) bond motifs is 2. The van der Waals surface area contributed by atoms with Crippen LogP contribution in [0, 0.1) is 6.92 Å². The molecule has 1 fully saturated rings. The number of benzene rings is 2. The summed E-state index contributed by atoms with van der Waals surface area (Å²) in [6, 6.07) is 23.2. The van der Waals surface area contributed by atoms with Crippen LogP contribution in [0.15, 0.2) is 83.8 Å². The number of anilines is 1. The SMILES string of the molecule is Cc1cccn2c(=O)c3cc(C(=O)N4CCN(c5ccccc5Cl)CC4)n(Cc4ccccc4)c3nc12. The Labute approximate surface area is 219 Å². The maximum atomic E-state index is 13.9. The summed E-state index contributed by atoms with van der Waals surface area (Å²) < 4.78 is 3.45. The molecule has 0 spiro atoms. The van der Waals surface area contributed by atoms with Crippen molar-refractivity contribution in [2.45, 2.75) is 13.5 Å². The van der Waals surface area contributed by atoms with Gasteiger partial charge in [-0.1, -0.05) is 60.1 Å². The summed E-state index contributed by atoms with van der Waals surface area (Å²) in [5.74, 6) is -0.0992. The number of nitrogens with zero attached hydrogens (tertiary/aromatic N) is 5. The highest BCUT2D eigenvalue weighted by atomic mass is 35.5. The Morgan fingerprint density at radius 1 is 0.919 bits per heavy atom. The molecule has 0 atom stereocenters. The average molecular weight is 512 g/mol. The maximum Gasteiger partial charge on any atom is 0.270 e. The van der Waals surface area contributed by atoms with Gasteiger partial charge in [0.25, 0.3) is 11.5 Å². The molecule has 1 aliphatic heterocycles. The molecule has 0 aliphatic carbocycles. The van der Waals surface area contributed by atoms with Crippen molar-refractivity contribution in [3.05, 3.63) is 111 Å². The van der Waals surface area contributed by atoms with E-state index < -0.39 is 0 Å². The number of carbonyl (C=O) groups is 1. The molecule has 0 saturated carbocycles. The van der Waals surface area contributed by atoms with E-state index in [9.17, 15) is 9.59 Å². The van der Waals surface area contributed by atoms with Crippen LogP contribution in [0.3, 0.4) is 0 Å². The molecule has 7 nitrogen and oxygen atoms in total. The standard InChI is InChI=1S/C29H26ClN5O2/c1-20-8-7-13-34-26(20)31-27-22(28(34)36)18-25(35(27)19-21-9-3-2-4-10-21)29(37)33-16-14-32(15-17-33)24-12-6-5-11-23(24)30/h2-13,18H,14-17,19H2,1H3. The van der Waals surface area contributed by atoms with Crippen LogP contribution < -0.4 is 10.5 Å². The van der Waals surface area contributed by atoms with E-state index in [1.165, 1.54) is 0 Å². The van der Waals surface area contributed by atoms with Gasteiger partial charge in [0, 0.05) is 38.9 Å². The van der Waals surface area contributed by atoms with Gasteiger partial charge in [-0.15, -0.1) is 0 Å². The summed E-state index contributed by atoms with van der Waals surface area (Å²) >= 11 is 6.40. The minimum atomic E-state index is -0.173. The van der Waals surface area contributed by atoms with Gasteiger partial charge in [0.05, 0.1) is 16.1 Å². The molecular formula is C29H26ClN5O2. The summed E-state index contributed by atoms with van der Waals surface area (Å²) in [6.07, 6.45) is 1.72. The lowest BCUT2D eigenvalue weighted by Gasteiger charge is -2.36. The van der Waals surface area contributed by atoms with Gasteiger partial charge in [0.2, 0.25) is 0 Å². The van der Waals surface area contributed by atoms with Crippen molar-refractivity contribution in [2.75, 3.05) is 31.1 Å². The van der Waals surface area contributed by atoms with E-state index in [1.54, 1.807) is 16.7 Å². The zero-order valence-corrected chi connectivity index (χ0v) is 21.2. The van der Waals surface area contributed by atoms with Crippen LogP contribution in [0.2, 0.25) is 5.02 Å². The number of piperazine rings is 1. The Morgan fingerprint density at radius 2 is 1.65 bits per heavy atom. The summed E-state index contributed by atoms with van der Waals surface area (Å²) in [6.45, 7) is 4.85. The highest BCUT2D eigenvalue weighted by Gasteiger charge is 2.27. The Morgan fingerprint density at radius 3 is 2.41 bits per heavy atom. The van der Waals surface area contributed by atoms with Crippen molar-refractivity contribution in [3.63, 3.8) is 0 Å². The number of carbonyl (C=O) groups excluding carboxylic acids is 1. The molecule has 37 heavy (non-hydrogen) atoms. The first kappa shape index (κ1) is 23.3. The molecule has 1 aliphatic rings. The molecule has 3 aromatic heterocycles. The Balaban J connectivity index is 1.40. The van der Waals surface area contributed by atoms with Crippen LogP contribution >= 0.6 is 11.6 Å². The lowest BCUT2D eigenvalue weighted by Crippen LogP contribution is -2.49. The van der Waals surface area contributed by atoms with Crippen molar-refractivity contribution >= 4 is 39.9 Å². The Hall–Kier alpha value is -4.10. The molecule has 186 valence electrons. The summed E-state index contributed by atoms with van der Waals surface area (Å²) in [4.78, 5) is 36.3.